The van der Waals surface area contributed by atoms with Crippen molar-refractivity contribution in [2.24, 2.45) is 0 Å². The van der Waals surface area contributed by atoms with Gasteiger partial charge in [0.15, 0.2) is 0 Å². The fourth-order valence-corrected chi connectivity index (χ4v) is 2.27. The van der Waals surface area contributed by atoms with E-state index < -0.39 is 0 Å². The average molecular weight is 225 g/mol. The number of Topliss-reactive ketones (excluding diaryl/α,β-unsaturated/α-hetero) is 2. The van der Waals surface area contributed by atoms with Crippen LogP contribution >= 0.6 is 0 Å². The zero-order chi connectivity index (χ0) is 12.0. The summed E-state index contributed by atoms with van der Waals surface area (Å²) in [5.74, 6) is 0.639. The molecule has 0 amide bonds. The van der Waals surface area contributed by atoms with Crippen LogP contribution in [0.25, 0.3) is 0 Å². The summed E-state index contributed by atoms with van der Waals surface area (Å²) in [6, 6.07) is 0.603. The summed E-state index contributed by atoms with van der Waals surface area (Å²) >= 11 is 0. The molecule has 0 aromatic heterocycles. The van der Waals surface area contributed by atoms with Crippen molar-refractivity contribution >= 4 is 11.6 Å². The van der Waals surface area contributed by atoms with Gasteiger partial charge in [-0.25, -0.2) is 0 Å². The lowest BCUT2D eigenvalue weighted by Gasteiger charge is -2.30. The molecule has 0 saturated carbocycles. The van der Waals surface area contributed by atoms with Gasteiger partial charge in [0.1, 0.15) is 11.6 Å². The molecule has 0 aromatic carbocycles. The minimum absolute atomic E-state index is 0.302. The van der Waals surface area contributed by atoms with Gasteiger partial charge in [-0.3, -0.25) is 9.59 Å². The Bertz CT molecular complexity index is 226. The van der Waals surface area contributed by atoms with Crippen molar-refractivity contribution in [3.05, 3.63) is 0 Å². The van der Waals surface area contributed by atoms with E-state index in [1.165, 1.54) is 0 Å². The van der Waals surface area contributed by atoms with E-state index in [0.717, 1.165) is 19.3 Å². The molecule has 1 aliphatic heterocycles. The fraction of sp³-hybridized carbons (Fsp3) is 0.846. The van der Waals surface area contributed by atoms with Crippen LogP contribution in [0.4, 0.5) is 0 Å². The van der Waals surface area contributed by atoms with Crippen LogP contribution in [-0.2, 0) is 9.59 Å². The van der Waals surface area contributed by atoms with Crippen LogP contribution < -0.4 is 5.32 Å². The number of piperidine rings is 1. The Morgan fingerprint density at radius 2 is 1.44 bits per heavy atom. The van der Waals surface area contributed by atoms with Crippen LogP contribution in [-0.4, -0.2) is 23.7 Å². The molecule has 0 radical (unpaired) electrons. The first-order chi connectivity index (χ1) is 7.65. The van der Waals surface area contributed by atoms with Gasteiger partial charge < -0.3 is 5.32 Å². The molecule has 1 saturated heterocycles. The zero-order valence-corrected chi connectivity index (χ0v) is 10.4. The average Bonchev–Trinajstić information content (AvgIpc) is 2.29. The van der Waals surface area contributed by atoms with E-state index in [1.54, 1.807) is 0 Å². The van der Waals surface area contributed by atoms with Crippen LogP contribution in [0.15, 0.2) is 0 Å². The van der Waals surface area contributed by atoms with Gasteiger partial charge in [0.05, 0.1) is 0 Å². The molecular formula is C13H23NO2. The second-order valence-electron chi connectivity index (χ2n) is 4.68. The quantitative estimate of drug-likeness (QED) is 0.754. The Morgan fingerprint density at radius 3 is 1.81 bits per heavy atom. The summed E-state index contributed by atoms with van der Waals surface area (Å²) in [6.07, 6.45) is 5.79. The first-order valence-electron chi connectivity index (χ1n) is 6.45. The van der Waals surface area contributed by atoms with E-state index in [1.807, 2.05) is 13.8 Å². The fourth-order valence-electron chi connectivity index (χ4n) is 2.27. The Balaban J connectivity index is 2.35. The molecule has 0 unspecified atom stereocenters. The minimum atomic E-state index is 0.302. The molecule has 2 atom stereocenters. The van der Waals surface area contributed by atoms with Crippen molar-refractivity contribution in [3.8, 4) is 0 Å². The summed E-state index contributed by atoms with van der Waals surface area (Å²) in [7, 11) is 0. The summed E-state index contributed by atoms with van der Waals surface area (Å²) in [5.41, 5.74) is 0. The third-order valence-corrected chi connectivity index (χ3v) is 3.31. The van der Waals surface area contributed by atoms with Crippen LogP contribution in [0.5, 0.6) is 0 Å². The maximum absolute atomic E-state index is 11.4. The van der Waals surface area contributed by atoms with E-state index in [9.17, 15) is 9.59 Å². The van der Waals surface area contributed by atoms with Crippen LogP contribution in [0.3, 0.4) is 0 Å². The van der Waals surface area contributed by atoms with Crippen molar-refractivity contribution in [1.82, 2.24) is 5.32 Å². The molecule has 3 nitrogen and oxygen atoms in total. The van der Waals surface area contributed by atoms with Crippen LogP contribution in [0, 0.1) is 0 Å². The maximum Gasteiger partial charge on any atom is 0.134 e. The molecule has 0 bridgehead atoms. The predicted molar refractivity (Wildman–Crippen MR) is 64.4 cm³/mol. The molecule has 0 aliphatic carbocycles. The van der Waals surface area contributed by atoms with Gasteiger partial charge in [-0.05, 0) is 12.8 Å². The highest BCUT2D eigenvalue weighted by Gasteiger charge is 2.23. The van der Waals surface area contributed by atoms with E-state index in [0.29, 0.717) is 49.3 Å². The summed E-state index contributed by atoms with van der Waals surface area (Å²) in [5, 5.41) is 3.44. The first kappa shape index (κ1) is 13.4. The lowest BCUT2D eigenvalue weighted by Crippen LogP contribution is -2.44. The third-order valence-electron chi connectivity index (χ3n) is 3.31. The van der Waals surface area contributed by atoms with Gasteiger partial charge in [-0.2, -0.15) is 0 Å². The van der Waals surface area contributed by atoms with Crippen LogP contribution in [0.1, 0.15) is 58.8 Å². The van der Waals surface area contributed by atoms with Gasteiger partial charge in [0, 0.05) is 37.8 Å². The van der Waals surface area contributed by atoms with Crippen molar-refractivity contribution in [2.45, 2.75) is 70.9 Å². The van der Waals surface area contributed by atoms with Gasteiger partial charge in [0.2, 0.25) is 0 Å². The number of ketones is 2. The smallest absolute Gasteiger partial charge is 0.134 e. The second-order valence-corrected chi connectivity index (χ2v) is 4.68. The molecule has 1 heterocycles. The molecule has 92 valence electrons. The summed E-state index contributed by atoms with van der Waals surface area (Å²) < 4.78 is 0. The topological polar surface area (TPSA) is 46.2 Å². The molecule has 1 aliphatic rings. The molecule has 0 aromatic rings. The number of nitrogens with one attached hydrogen (secondary N) is 1. The molecule has 1 fully saturated rings. The highest BCUT2D eigenvalue weighted by molar-refractivity contribution is 5.79. The van der Waals surface area contributed by atoms with E-state index >= 15 is 0 Å². The maximum atomic E-state index is 11.4. The van der Waals surface area contributed by atoms with Gasteiger partial charge in [0.25, 0.3) is 0 Å². The first-order valence-corrected chi connectivity index (χ1v) is 6.45. The monoisotopic (exact) mass is 225 g/mol. The van der Waals surface area contributed by atoms with Gasteiger partial charge in [-0.1, -0.05) is 20.3 Å². The number of carbonyl (C=O) groups excluding carboxylic acids is 2. The van der Waals surface area contributed by atoms with Crippen molar-refractivity contribution in [2.75, 3.05) is 0 Å². The Labute approximate surface area is 98.0 Å². The van der Waals surface area contributed by atoms with Crippen molar-refractivity contribution < 1.29 is 9.59 Å². The van der Waals surface area contributed by atoms with Gasteiger partial charge in [-0.15, -0.1) is 0 Å². The van der Waals surface area contributed by atoms with Crippen LogP contribution in [0.2, 0.25) is 0 Å². The highest BCUT2D eigenvalue weighted by atomic mass is 16.1. The molecule has 1 rings (SSSR count). The van der Waals surface area contributed by atoms with E-state index in [-0.39, 0.29) is 0 Å². The SMILES string of the molecule is CCC(=O)C[C@H]1CCC[C@@H](CC(=O)CC)N1. The Morgan fingerprint density at radius 1 is 1.00 bits per heavy atom. The lowest BCUT2D eigenvalue weighted by molar-refractivity contribution is -0.119. The standard InChI is InChI=1S/C13H23NO2/c1-3-12(15)8-10-6-5-7-11(14-10)9-13(16)4-2/h10-11,14H,3-9H2,1-2H3/t10-,11+. The summed E-state index contributed by atoms with van der Waals surface area (Å²) in [6.45, 7) is 3.81. The lowest BCUT2D eigenvalue weighted by atomic mass is 9.92. The normalized spacial score (nSPS) is 25.4. The Kier molecular flexibility index (Phi) is 5.67. The van der Waals surface area contributed by atoms with E-state index in [2.05, 4.69) is 5.32 Å². The molecular weight excluding hydrogens is 202 g/mol. The number of hydrogen-bond donors (Lipinski definition) is 1. The number of carbonyl (C=O) groups is 2. The molecule has 1 N–H and O–H groups in total. The summed E-state index contributed by atoms with van der Waals surface area (Å²) in [4.78, 5) is 22.7. The van der Waals surface area contributed by atoms with Crippen molar-refractivity contribution in [3.63, 3.8) is 0 Å². The number of hydrogen-bond acceptors (Lipinski definition) is 3. The molecule has 16 heavy (non-hydrogen) atoms. The minimum Gasteiger partial charge on any atom is -0.310 e. The molecule has 3 heteroatoms. The zero-order valence-electron chi connectivity index (χ0n) is 10.4. The number of rotatable bonds is 6. The van der Waals surface area contributed by atoms with Gasteiger partial charge >= 0.3 is 0 Å². The largest absolute Gasteiger partial charge is 0.310 e. The van der Waals surface area contributed by atoms with E-state index in [4.69, 9.17) is 0 Å². The second kappa shape index (κ2) is 6.79. The van der Waals surface area contributed by atoms with Crippen molar-refractivity contribution in [1.29, 1.82) is 0 Å². The molecule has 0 spiro atoms. The predicted octanol–water partition coefficient (Wildman–Crippen LogP) is 2.24. The third kappa shape index (κ3) is 4.44. The Hall–Kier alpha value is -0.700. The highest BCUT2D eigenvalue weighted by Crippen LogP contribution is 2.18.